The third kappa shape index (κ3) is 8.48. The molecule has 0 radical (unpaired) electrons. The van der Waals surface area contributed by atoms with Crippen LogP contribution in [0.5, 0.6) is 0 Å². The van der Waals surface area contributed by atoms with Crippen LogP contribution in [0.4, 0.5) is 17.2 Å². The summed E-state index contributed by atoms with van der Waals surface area (Å²) in [6.07, 6.45) is 1.04. The molecule has 3 heterocycles. The molecule has 0 spiro atoms. The molecular formula is C77H50ClN5. The van der Waals surface area contributed by atoms with E-state index >= 15 is 0 Å². The van der Waals surface area contributed by atoms with E-state index < -0.39 is 0 Å². The Hall–Kier alpha value is -10.6. The standard InChI is InChI=1S/C38H23N3.C21H14.C18H11ClN2.H2/c1-2-10-26-21-29(20-19-24(26)9-1)37-38(40-33-17-6-5-16-32(33)39-37)41-34-18-8-14-25-13-7-15-30(36(25)34)31-22-27-11-3-4-12-28(27)23-35(31)41;1-2-6-16-13-20-18(11-15(16)5-1)12-17-9-3-7-14-8-4-10-19(20)21(14)17;19-18-17(20-15-7-3-4-8-16(15)21-18)14-10-9-12-5-1-2-6-13(12)11-14;/h1-23H;1-11,13H,12H2;1-11H;1H/i;;;1+1. The first kappa shape index (κ1) is 48.3. The van der Waals surface area contributed by atoms with Crippen LogP contribution in [0.2, 0.25) is 5.15 Å². The number of aromatic nitrogens is 4. The Morgan fingerprint density at radius 2 is 0.723 bits per heavy atom. The molecule has 18 rings (SSSR count). The minimum Gasteiger partial charge on any atom is -0.292 e. The van der Waals surface area contributed by atoms with E-state index in [9.17, 15) is 0 Å². The second-order valence-corrected chi connectivity index (χ2v) is 21.8. The van der Waals surface area contributed by atoms with Gasteiger partial charge in [-0.05, 0) is 154 Å². The summed E-state index contributed by atoms with van der Waals surface area (Å²) in [5.41, 5.74) is 17.4. The van der Waals surface area contributed by atoms with Gasteiger partial charge in [0.15, 0.2) is 11.0 Å². The van der Waals surface area contributed by atoms with E-state index in [2.05, 4.69) is 233 Å². The summed E-state index contributed by atoms with van der Waals surface area (Å²) in [6.45, 7) is 0. The fourth-order valence-electron chi connectivity index (χ4n) is 12.6. The lowest BCUT2D eigenvalue weighted by Crippen LogP contribution is -2.18. The number of benzene rings is 14. The Labute approximate surface area is 485 Å². The average Bonchev–Trinajstić information content (AvgIpc) is 1.27. The third-order valence-electron chi connectivity index (χ3n) is 16.5. The highest BCUT2D eigenvalue weighted by Crippen LogP contribution is 2.53. The van der Waals surface area contributed by atoms with Gasteiger partial charge in [-0.25, -0.2) is 19.9 Å². The fraction of sp³-hybridized carbons (Fsp3) is 0.0130. The molecule has 0 saturated heterocycles. The Morgan fingerprint density at radius 3 is 1.34 bits per heavy atom. The van der Waals surface area contributed by atoms with Crippen molar-refractivity contribution in [2.75, 3.05) is 4.90 Å². The summed E-state index contributed by atoms with van der Waals surface area (Å²) in [5, 5.41) is 15.5. The molecule has 2 aliphatic rings. The third-order valence-corrected chi connectivity index (χ3v) is 16.8. The topological polar surface area (TPSA) is 54.8 Å². The van der Waals surface area contributed by atoms with Crippen molar-refractivity contribution in [1.29, 1.82) is 0 Å². The van der Waals surface area contributed by atoms with Gasteiger partial charge in [-0.2, -0.15) is 0 Å². The van der Waals surface area contributed by atoms with Crippen molar-refractivity contribution in [3.05, 3.63) is 295 Å². The van der Waals surface area contributed by atoms with E-state index in [0.717, 1.165) is 68.2 Å². The smallest absolute Gasteiger partial charge is 0.165 e. The Bertz CT molecular complexity index is 5300. The minimum absolute atomic E-state index is 0. The number of hydrogen-bond acceptors (Lipinski definition) is 5. The second-order valence-electron chi connectivity index (χ2n) is 21.4. The molecule has 390 valence electrons. The molecule has 5 nitrogen and oxygen atoms in total. The maximum atomic E-state index is 6.32. The van der Waals surface area contributed by atoms with Crippen LogP contribution in [0, 0.1) is 0 Å². The lowest BCUT2D eigenvalue weighted by atomic mass is 9.82. The maximum Gasteiger partial charge on any atom is 0.165 e. The molecule has 6 heteroatoms. The van der Waals surface area contributed by atoms with Crippen LogP contribution in [-0.2, 0) is 6.42 Å². The van der Waals surface area contributed by atoms with Crippen LogP contribution in [0.1, 0.15) is 12.6 Å². The van der Waals surface area contributed by atoms with Gasteiger partial charge >= 0.3 is 0 Å². The molecule has 0 saturated carbocycles. The first-order valence-electron chi connectivity index (χ1n) is 28.1. The van der Waals surface area contributed by atoms with Crippen LogP contribution in [0.15, 0.2) is 279 Å². The molecule has 14 aromatic carbocycles. The number of rotatable bonds is 3. The van der Waals surface area contributed by atoms with Crippen molar-refractivity contribution in [2.45, 2.75) is 6.42 Å². The molecular weight excluding hydrogens is 1030 g/mol. The van der Waals surface area contributed by atoms with Gasteiger partial charge in [-0.15, -0.1) is 0 Å². The summed E-state index contributed by atoms with van der Waals surface area (Å²) in [6, 6.07) is 98.5. The van der Waals surface area contributed by atoms with Crippen LogP contribution in [0.25, 0.3) is 131 Å². The number of anilines is 3. The Kier molecular flexibility index (Phi) is 11.6. The van der Waals surface area contributed by atoms with Crippen LogP contribution in [0.3, 0.4) is 0 Å². The van der Waals surface area contributed by atoms with E-state index in [0.29, 0.717) is 5.15 Å². The summed E-state index contributed by atoms with van der Waals surface area (Å²) in [5.74, 6) is 0.831. The monoisotopic (exact) mass is 1080 g/mol. The van der Waals surface area contributed by atoms with E-state index in [1.54, 1.807) is 0 Å². The fourth-order valence-corrected chi connectivity index (χ4v) is 12.8. The largest absolute Gasteiger partial charge is 0.292 e. The van der Waals surface area contributed by atoms with Crippen LogP contribution < -0.4 is 4.90 Å². The molecule has 0 atom stereocenters. The van der Waals surface area contributed by atoms with Crippen molar-refractivity contribution < 1.29 is 1.43 Å². The number of hydrogen-bond donors (Lipinski definition) is 0. The lowest BCUT2D eigenvalue weighted by molar-refractivity contribution is 1.18. The zero-order valence-corrected chi connectivity index (χ0v) is 45.6. The zero-order valence-electron chi connectivity index (χ0n) is 44.9. The summed E-state index contributed by atoms with van der Waals surface area (Å²) < 4.78 is 0. The van der Waals surface area contributed by atoms with Gasteiger partial charge in [0.25, 0.3) is 0 Å². The van der Waals surface area contributed by atoms with Crippen molar-refractivity contribution in [2.24, 2.45) is 0 Å². The lowest BCUT2D eigenvalue weighted by Gasteiger charge is -2.34. The quantitative estimate of drug-likeness (QED) is 0.176. The van der Waals surface area contributed by atoms with Gasteiger partial charge in [-0.1, -0.05) is 230 Å². The van der Waals surface area contributed by atoms with E-state index in [4.69, 9.17) is 21.6 Å². The van der Waals surface area contributed by atoms with Crippen molar-refractivity contribution in [3.8, 4) is 44.8 Å². The summed E-state index contributed by atoms with van der Waals surface area (Å²) in [4.78, 5) is 22.1. The summed E-state index contributed by atoms with van der Waals surface area (Å²) >= 11 is 6.32. The first-order chi connectivity index (χ1) is 41.0. The molecule has 0 fully saturated rings. The van der Waals surface area contributed by atoms with Gasteiger partial charge in [-0.3, -0.25) is 4.90 Å². The van der Waals surface area contributed by atoms with Crippen LogP contribution in [-0.4, -0.2) is 19.9 Å². The van der Waals surface area contributed by atoms with Gasteiger partial charge in [0.2, 0.25) is 0 Å². The van der Waals surface area contributed by atoms with E-state index in [1.165, 1.54) is 98.0 Å². The Morgan fingerprint density at radius 1 is 0.289 bits per heavy atom. The van der Waals surface area contributed by atoms with E-state index in [1.807, 2.05) is 60.7 Å². The van der Waals surface area contributed by atoms with Crippen LogP contribution >= 0.6 is 11.6 Å². The average molecular weight is 1080 g/mol. The van der Waals surface area contributed by atoms with Crippen molar-refractivity contribution in [1.82, 2.24) is 19.9 Å². The molecule has 1 aliphatic carbocycles. The Balaban J connectivity index is 0.000000117. The molecule has 0 amide bonds. The number of para-hydroxylation sites is 4. The molecule has 16 aromatic rings. The van der Waals surface area contributed by atoms with Crippen molar-refractivity contribution in [3.63, 3.8) is 0 Å². The minimum atomic E-state index is 0. The summed E-state index contributed by atoms with van der Waals surface area (Å²) in [7, 11) is 0. The van der Waals surface area contributed by atoms with Crippen molar-refractivity contribution >= 4 is 115 Å². The molecule has 1 aliphatic heterocycles. The second kappa shape index (κ2) is 19.9. The molecule has 0 unspecified atom stereocenters. The van der Waals surface area contributed by atoms with Gasteiger partial charge < -0.3 is 0 Å². The van der Waals surface area contributed by atoms with Gasteiger partial charge in [0, 0.05) is 23.5 Å². The van der Waals surface area contributed by atoms with Gasteiger partial charge in [0.1, 0.15) is 11.4 Å². The highest BCUT2D eigenvalue weighted by molar-refractivity contribution is 6.32. The highest BCUT2D eigenvalue weighted by Gasteiger charge is 2.30. The predicted octanol–water partition coefficient (Wildman–Crippen LogP) is 21.1. The van der Waals surface area contributed by atoms with Gasteiger partial charge in [0.05, 0.1) is 33.4 Å². The zero-order chi connectivity index (χ0) is 55.0. The normalized spacial score (nSPS) is 12.1. The number of halogens is 1. The van der Waals surface area contributed by atoms with E-state index in [-0.39, 0.29) is 1.43 Å². The maximum absolute atomic E-state index is 6.32. The SMILES string of the molecule is Clc1nc2ccccc2nc1-c1ccc2ccccc2c1.[2HH].c1ccc2cc(-c3nc4ccccc4nc3N3c4cc5ccccc5cc4-c4cccc5cccc3c45)ccc2c1.c1ccc2cc3c(cc2c1)Cc1cccc2cccc-3c12. The molecule has 2 aromatic heterocycles. The number of nitrogens with zero attached hydrogens (tertiary/aromatic N) is 5. The molecule has 83 heavy (non-hydrogen) atoms. The number of fused-ring (bicyclic) bond motifs is 10. The molecule has 0 bridgehead atoms. The highest BCUT2D eigenvalue weighted by atomic mass is 35.5. The predicted molar refractivity (Wildman–Crippen MR) is 350 cm³/mol. The first-order valence-corrected chi connectivity index (χ1v) is 28.5. The molecule has 0 N–H and O–H groups in total.